The number of benzene rings is 1. The van der Waals surface area contributed by atoms with Crippen LogP contribution in [0.2, 0.25) is 0 Å². The van der Waals surface area contributed by atoms with E-state index in [1.54, 1.807) is 0 Å². The van der Waals surface area contributed by atoms with Gasteiger partial charge < -0.3 is 24.4 Å². The standard InChI is InChI=1S/C17H24N2O4/c1-12-10-19(11-13(2)23-12)6-5-17(20)18-14-3-4-15-16(9-14)22-8-7-21-15/h3-4,9,12-13H,5-8,10-11H2,1-2H3,(H,18,20)/p+1/t12-,13-/m1/s1. The zero-order valence-corrected chi connectivity index (χ0v) is 13.8. The molecule has 0 saturated carbocycles. The molecule has 1 saturated heterocycles. The number of morpholine rings is 1. The van der Waals surface area contributed by atoms with Gasteiger partial charge in [0.25, 0.3) is 0 Å². The molecule has 1 amide bonds. The van der Waals surface area contributed by atoms with Crippen LogP contribution in [0.5, 0.6) is 11.5 Å². The molecule has 3 rings (SSSR count). The number of fused-ring (bicyclic) bond motifs is 1. The van der Waals surface area contributed by atoms with Crippen LogP contribution in [0.1, 0.15) is 20.3 Å². The van der Waals surface area contributed by atoms with E-state index in [0.29, 0.717) is 25.4 Å². The summed E-state index contributed by atoms with van der Waals surface area (Å²) in [6, 6.07) is 5.50. The van der Waals surface area contributed by atoms with E-state index in [1.807, 2.05) is 18.2 Å². The fourth-order valence-corrected chi connectivity index (χ4v) is 3.23. The summed E-state index contributed by atoms with van der Waals surface area (Å²) in [7, 11) is 0. The summed E-state index contributed by atoms with van der Waals surface area (Å²) in [5, 5.41) is 2.93. The second-order valence-electron chi connectivity index (χ2n) is 6.32. The molecule has 2 aliphatic rings. The Morgan fingerprint density at radius 3 is 2.61 bits per heavy atom. The van der Waals surface area contributed by atoms with Gasteiger partial charge in [0.15, 0.2) is 11.5 Å². The van der Waals surface area contributed by atoms with Gasteiger partial charge in [-0.05, 0) is 26.0 Å². The summed E-state index contributed by atoms with van der Waals surface area (Å²) in [4.78, 5) is 13.6. The predicted molar refractivity (Wildman–Crippen MR) is 86.3 cm³/mol. The second kappa shape index (κ2) is 7.19. The molecule has 2 atom stereocenters. The van der Waals surface area contributed by atoms with Crippen molar-refractivity contribution in [1.82, 2.24) is 0 Å². The summed E-state index contributed by atoms with van der Waals surface area (Å²) in [6.45, 7) is 8.03. The predicted octanol–water partition coefficient (Wildman–Crippen LogP) is 0.479. The van der Waals surface area contributed by atoms with Gasteiger partial charge in [-0.15, -0.1) is 0 Å². The van der Waals surface area contributed by atoms with Crippen molar-refractivity contribution in [3.8, 4) is 11.5 Å². The minimum absolute atomic E-state index is 0.0287. The van der Waals surface area contributed by atoms with Crippen molar-refractivity contribution in [2.75, 3.05) is 38.2 Å². The van der Waals surface area contributed by atoms with Crippen LogP contribution in [0.15, 0.2) is 18.2 Å². The molecule has 2 N–H and O–H groups in total. The molecule has 0 aliphatic carbocycles. The number of carbonyl (C=O) groups is 1. The van der Waals surface area contributed by atoms with Crippen LogP contribution >= 0.6 is 0 Å². The summed E-state index contributed by atoms with van der Waals surface area (Å²) in [6.07, 6.45) is 1.02. The molecule has 1 aromatic rings. The number of anilines is 1. The number of quaternary nitrogens is 1. The third-order valence-electron chi connectivity index (χ3n) is 4.15. The highest BCUT2D eigenvalue weighted by Gasteiger charge is 2.25. The van der Waals surface area contributed by atoms with Crippen molar-refractivity contribution < 1.29 is 23.9 Å². The Morgan fingerprint density at radius 2 is 1.87 bits per heavy atom. The van der Waals surface area contributed by atoms with Gasteiger partial charge in [0.1, 0.15) is 38.5 Å². The Hall–Kier alpha value is -1.79. The first-order chi connectivity index (χ1) is 11.1. The first-order valence-electron chi connectivity index (χ1n) is 8.28. The van der Waals surface area contributed by atoms with Crippen molar-refractivity contribution in [1.29, 1.82) is 0 Å². The van der Waals surface area contributed by atoms with Crippen molar-refractivity contribution in [3.05, 3.63) is 18.2 Å². The van der Waals surface area contributed by atoms with Crippen LogP contribution < -0.4 is 19.7 Å². The molecule has 0 spiro atoms. The molecule has 126 valence electrons. The zero-order chi connectivity index (χ0) is 16.2. The van der Waals surface area contributed by atoms with Crippen LogP contribution in [0, 0.1) is 0 Å². The Bertz CT molecular complexity index is 554. The van der Waals surface area contributed by atoms with E-state index in [1.165, 1.54) is 4.90 Å². The SMILES string of the molecule is C[C@@H]1C[NH+](CCC(=O)Nc2ccc3c(c2)OCCO3)C[C@@H](C)O1. The molecule has 2 heterocycles. The van der Waals surface area contributed by atoms with Gasteiger partial charge in [0, 0.05) is 11.8 Å². The van der Waals surface area contributed by atoms with E-state index in [0.717, 1.165) is 31.1 Å². The van der Waals surface area contributed by atoms with Crippen LogP contribution in [0.3, 0.4) is 0 Å². The molecule has 0 radical (unpaired) electrons. The van der Waals surface area contributed by atoms with Gasteiger partial charge in [-0.3, -0.25) is 4.79 Å². The second-order valence-corrected chi connectivity index (χ2v) is 6.32. The Kier molecular flexibility index (Phi) is 5.03. The highest BCUT2D eigenvalue weighted by atomic mass is 16.6. The first kappa shape index (κ1) is 16.1. The number of rotatable bonds is 4. The van der Waals surface area contributed by atoms with Crippen molar-refractivity contribution in [2.45, 2.75) is 32.5 Å². The summed E-state index contributed by atoms with van der Waals surface area (Å²) in [5.74, 6) is 1.45. The third-order valence-corrected chi connectivity index (χ3v) is 4.15. The average Bonchev–Trinajstić information content (AvgIpc) is 2.52. The number of hydrogen-bond acceptors (Lipinski definition) is 4. The lowest BCUT2D eigenvalue weighted by molar-refractivity contribution is -0.914. The molecule has 0 unspecified atom stereocenters. The molecule has 1 fully saturated rings. The van der Waals surface area contributed by atoms with Crippen molar-refractivity contribution in [2.24, 2.45) is 0 Å². The Morgan fingerprint density at radius 1 is 1.17 bits per heavy atom. The first-order valence-corrected chi connectivity index (χ1v) is 8.28. The average molecular weight is 321 g/mol. The quantitative estimate of drug-likeness (QED) is 0.847. The van der Waals surface area contributed by atoms with Gasteiger partial charge in [0.2, 0.25) is 5.91 Å². The minimum atomic E-state index is 0.0287. The third kappa shape index (κ3) is 4.36. The van der Waals surface area contributed by atoms with Gasteiger partial charge in [-0.1, -0.05) is 0 Å². The largest absolute Gasteiger partial charge is 0.486 e. The van der Waals surface area contributed by atoms with E-state index < -0.39 is 0 Å². The zero-order valence-electron chi connectivity index (χ0n) is 13.8. The topological polar surface area (TPSA) is 61.2 Å². The minimum Gasteiger partial charge on any atom is -0.486 e. The van der Waals surface area contributed by atoms with Gasteiger partial charge in [-0.25, -0.2) is 0 Å². The Labute approximate surface area is 136 Å². The van der Waals surface area contributed by atoms with Gasteiger partial charge >= 0.3 is 0 Å². The lowest BCUT2D eigenvalue weighted by atomic mass is 10.2. The van der Waals surface area contributed by atoms with Gasteiger partial charge in [0.05, 0.1) is 13.0 Å². The number of hydrogen-bond donors (Lipinski definition) is 2. The van der Waals surface area contributed by atoms with Crippen molar-refractivity contribution >= 4 is 11.6 Å². The lowest BCUT2D eigenvalue weighted by Crippen LogP contribution is -3.15. The number of carbonyl (C=O) groups excluding carboxylic acids is 1. The molecular weight excluding hydrogens is 296 g/mol. The van der Waals surface area contributed by atoms with E-state index in [-0.39, 0.29) is 18.1 Å². The molecule has 1 aromatic carbocycles. The van der Waals surface area contributed by atoms with Crippen LogP contribution in [-0.4, -0.2) is 51.0 Å². The maximum absolute atomic E-state index is 12.2. The van der Waals surface area contributed by atoms with Crippen LogP contribution in [-0.2, 0) is 9.53 Å². The molecule has 6 nitrogen and oxygen atoms in total. The molecule has 0 aromatic heterocycles. The normalized spacial score (nSPS) is 26.6. The van der Waals surface area contributed by atoms with Crippen LogP contribution in [0.4, 0.5) is 5.69 Å². The lowest BCUT2D eigenvalue weighted by Gasteiger charge is -2.32. The van der Waals surface area contributed by atoms with Gasteiger partial charge in [-0.2, -0.15) is 0 Å². The van der Waals surface area contributed by atoms with Crippen molar-refractivity contribution in [3.63, 3.8) is 0 Å². The van der Waals surface area contributed by atoms with Crippen LogP contribution in [0.25, 0.3) is 0 Å². The van der Waals surface area contributed by atoms with E-state index in [2.05, 4.69) is 19.2 Å². The summed E-state index contributed by atoms with van der Waals surface area (Å²) in [5.41, 5.74) is 0.748. The molecule has 6 heteroatoms. The van der Waals surface area contributed by atoms with E-state index >= 15 is 0 Å². The number of nitrogens with one attached hydrogen (secondary N) is 2. The maximum atomic E-state index is 12.2. The molecular formula is C17H25N2O4+. The smallest absolute Gasteiger partial charge is 0.230 e. The monoisotopic (exact) mass is 321 g/mol. The Balaban J connectivity index is 1.49. The van der Waals surface area contributed by atoms with E-state index in [9.17, 15) is 4.79 Å². The number of amides is 1. The van der Waals surface area contributed by atoms with E-state index in [4.69, 9.17) is 14.2 Å². The summed E-state index contributed by atoms with van der Waals surface area (Å²) >= 11 is 0. The fraction of sp³-hybridized carbons (Fsp3) is 0.588. The molecule has 23 heavy (non-hydrogen) atoms. The highest BCUT2D eigenvalue weighted by Crippen LogP contribution is 2.32. The summed E-state index contributed by atoms with van der Waals surface area (Å²) < 4.78 is 16.7. The fourth-order valence-electron chi connectivity index (χ4n) is 3.23. The number of ether oxygens (including phenoxy) is 3. The molecule has 0 bridgehead atoms. The molecule has 2 aliphatic heterocycles. The maximum Gasteiger partial charge on any atom is 0.230 e. The highest BCUT2D eigenvalue weighted by molar-refractivity contribution is 5.91.